The fourth-order valence-electron chi connectivity index (χ4n) is 5.87. The van der Waals surface area contributed by atoms with E-state index in [-0.39, 0.29) is 23.9 Å². The number of anilines is 1. The number of rotatable bonds is 6. The maximum Gasteiger partial charge on any atom is 0.279 e. The molecule has 1 unspecified atom stereocenters. The largest absolute Gasteiger partial charge is 0.491 e. The Morgan fingerprint density at radius 2 is 1.86 bits per heavy atom. The molecule has 1 atom stereocenters. The molecule has 9 nitrogen and oxygen atoms in total. The van der Waals surface area contributed by atoms with Gasteiger partial charge < -0.3 is 19.3 Å². The molecular weight excluding hydrogens is 579 g/mol. The highest BCUT2D eigenvalue weighted by Gasteiger charge is 2.24. The van der Waals surface area contributed by atoms with Gasteiger partial charge in [-0.25, -0.2) is 4.98 Å². The zero-order valence-corrected chi connectivity index (χ0v) is 27.8. The average molecular weight is 622 g/mol. The number of hydrogen-bond donors (Lipinski definition) is 0. The number of piperazine rings is 1. The number of aromatic nitrogens is 3. The Balaban J connectivity index is 1.57. The van der Waals surface area contributed by atoms with E-state index in [0.29, 0.717) is 46.6 Å². The van der Waals surface area contributed by atoms with E-state index in [1.54, 1.807) is 4.57 Å². The van der Waals surface area contributed by atoms with Crippen LogP contribution < -0.4 is 20.8 Å². The molecule has 4 aromatic rings. The molecule has 0 saturated carbocycles. The van der Waals surface area contributed by atoms with E-state index in [9.17, 15) is 9.59 Å². The number of fused-ring (bicyclic) bond motifs is 3. The second-order valence-electron chi connectivity index (χ2n) is 13.2. The lowest BCUT2D eigenvalue weighted by molar-refractivity contribution is 0.0878. The summed E-state index contributed by atoms with van der Waals surface area (Å²) in [7, 11) is 0.836. The molecule has 1 fully saturated rings. The molecule has 0 spiro atoms. The van der Waals surface area contributed by atoms with Gasteiger partial charge in [-0.2, -0.15) is 0 Å². The molecule has 2 aromatic carbocycles. The first-order valence-electron chi connectivity index (χ1n) is 15.5. The van der Waals surface area contributed by atoms with E-state index >= 15 is 0 Å². The second-order valence-corrected chi connectivity index (χ2v) is 19.8. The van der Waals surface area contributed by atoms with Gasteiger partial charge in [-0.15, -0.1) is 0 Å². The van der Waals surface area contributed by atoms with Crippen LogP contribution in [0.5, 0.6) is 5.75 Å². The molecule has 230 valence electrons. The maximum absolute atomic E-state index is 14.4. The molecule has 2 aliphatic rings. The van der Waals surface area contributed by atoms with Crippen molar-refractivity contribution in [3.05, 3.63) is 51.0 Å². The van der Waals surface area contributed by atoms with Gasteiger partial charge in [0.1, 0.15) is 23.7 Å². The van der Waals surface area contributed by atoms with Crippen LogP contribution in [-0.2, 0) is 11.5 Å². The molecule has 43 heavy (non-hydrogen) atoms. The van der Waals surface area contributed by atoms with Crippen molar-refractivity contribution in [1.29, 1.82) is 0 Å². The van der Waals surface area contributed by atoms with Crippen LogP contribution >= 0.6 is 11.5 Å². The van der Waals surface area contributed by atoms with Crippen molar-refractivity contribution in [3.63, 3.8) is 0 Å². The summed E-state index contributed by atoms with van der Waals surface area (Å²) in [5.41, 5.74) is 3.17. The Kier molecular flexibility index (Phi) is 8.51. The summed E-state index contributed by atoms with van der Waals surface area (Å²) in [5, 5.41) is 0.630. The topological polar surface area (TPSA) is 81.8 Å². The predicted molar refractivity (Wildman–Crippen MR) is 179 cm³/mol. The van der Waals surface area contributed by atoms with Crippen LogP contribution in [0.15, 0.2) is 39.9 Å². The molecule has 0 aliphatic carbocycles. The molecule has 4 heterocycles. The predicted octanol–water partition coefficient (Wildman–Crippen LogP) is 5.63. The zero-order valence-electron chi connectivity index (χ0n) is 26.0. The van der Waals surface area contributed by atoms with Crippen molar-refractivity contribution >= 4 is 46.4 Å². The third kappa shape index (κ3) is 6.18. The van der Waals surface area contributed by atoms with Crippen LogP contribution in [-0.4, -0.2) is 72.9 Å². The maximum atomic E-state index is 14.4. The minimum absolute atomic E-state index is 0.00576. The Morgan fingerprint density at radius 1 is 1.07 bits per heavy atom. The molecule has 0 amide bonds. The molecule has 2 aliphatic heterocycles. The summed E-state index contributed by atoms with van der Waals surface area (Å²) >= 11 is 1.44. The van der Waals surface area contributed by atoms with Crippen LogP contribution in [0.3, 0.4) is 0 Å². The third-order valence-electron chi connectivity index (χ3n) is 8.65. The van der Waals surface area contributed by atoms with Gasteiger partial charge in [0.15, 0.2) is 0 Å². The quantitative estimate of drug-likeness (QED) is 0.204. The highest BCUT2D eigenvalue weighted by Crippen LogP contribution is 2.35. The van der Waals surface area contributed by atoms with Gasteiger partial charge in [0.25, 0.3) is 11.1 Å². The lowest BCUT2D eigenvalue weighted by atomic mass is 10.1. The van der Waals surface area contributed by atoms with Gasteiger partial charge in [-0.1, -0.05) is 43.3 Å². The highest BCUT2D eigenvalue weighted by molar-refractivity contribution is 7.14. The van der Waals surface area contributed by atoms with Gasteiger partial charge in [0.2, 0.25) is 0 Å². The molecular formula is C32H43N5O4SSi. The third-order valence-corrected chi connectivity index (χ3v) is 11.7. The van der Waals surface area contributed by atoms with Crippen molar-refractivity contribution in [2.24, 2.45) is 0 Å². The van der Waals surface area contributed by atoms with Gasteiger partial charge in [-0.3, -0.25) is 18.1 Å². The number of ether oxygens (including phenoxy) is 2. The Labute approximate surface area is 257 Å². The van der Waals surface area contributed by atoms with E-state index in [0.717, 1.165) is 61.9 Å². The summed E-state index contributed by atoms with van der Waals surface area (Å²) in [4.78, 5) is 37.6. The second kappa shape index (κ2) is 12.2. The first-order valence-corrected chi connectivity index (χ1v) is 20.0. The van der Waals surface area contributed by atoms with Crippen molar-refractivity contribution in [2.45, 2.75) is 64.6 Å². The standard InChI is InChI=1S/C32H43N5O4SSi/c1-22-9-6-7-16-41-27-20-23(35-14-12-34(2)13-15-35)19-26-29(27)33-28(32(39)36(26)21-40-17-18-43(3,4)5)24-10-8-11-25-30(24)42-37(22)31(25)38/h8,10-11,19-20,22H,6-7,9,12-18,21H2,1-5H3. The van der Waals surface area contributed by atoms with E-state index in [2.05, 4.69) is 55.5 Å². The van der Waals surface area contributed by atoms with Crippen LogP contribution in [0.2, 0.25) is 25.7 Å². The minimum atomic E-state index is -1.31. The summed E-state index contributed by atoms with van der Waals surface area (Å²) in [6.07, 6.45) is 2.69. The fourth-order valence-corrected chi connectivity index (χ4v) is 7.81. The van der Waals surface area contributed by atoms with E-state index in [4.69, 9.17) is 14.5 Å². The lowest BCUT2D eigenvalue weighted by Crippen LogP contribution is -2.44. The molecule has 4 bridgehead atoms. The smallest absolute Gasteiger partial charge is 0.279 e. The normalized spacial score (nSPS) is 18.4. The average Bonchev–Trinajstić information content (AvgIpc) is 3.31. The van der Waals surface area contributed by atoms with Crippen molar-refractivity contribution in [2.75, 3.05) is 51.3 Å². The number of hydrogen-bond acceptors (Lipinski definition) is 8. The lowest BCUT2D eigenvalue weighted by Gasteiger charge is -2.34. The highest BCUT2D eigenvalue weighted by atomic mass is 32.1. The molecule has 6 rings (SSSR count). The minimum Gasteiger partial charge on any atom is -0.491 e. The zero-order chi connectivity index (χ0) is 30.3. The van der Waals surface area contributed by atoms with Gasteiger partial charge in [-0.05, 0) is 51.4 Å². The van der Waals surface area contributed by atoms with Crippen molar-refractivity contribution in [3.8, 4) is 17.0 Å². The first-order chi connectivity index (χ1) is 20.6. The molecule has 2 aromatic heterocycles. The number of nitrogens with zero attached hydrogens (tertiary/aromatic N) is 5. The van der Waals surface area contributed by atoms with E-state index in [1.165, 1.54) is 11.5 Å². The van der Waals surface area contributed by atoms with E-state index < -0.39 is 8.07 Å². The van der Waals surface area contributed by atoms with Gasteiger partial charge in [0.05, 0.1) is 22.2 Å². The summed E-state index contributed by atoms with van der Waals surface area (Å²) < 4.78 is 17.1. The number of benzene rings is 2. The monoisotopic (exact) mass is 621 g/mol. The summed E-state index contributed by atoms with van der Waals surface area (Å²) in [5.74, 6) is 0.687. The van der Waals surface area contributed by atoms with Crippen LogP contribution in [0, 0.1) is 0 Å². The van der Waals surface area contributed by atoms with Crippen molar-refractivity contribution in [1.82, 2.24) is 18.4 Å². The SMILES string of the molecule is CC1CCCCOc2cc(N3CCN(C)CC3)cc3c2nc(c(=O)n3COCC[Si](C)(C)C)-c2cccc3c(=O)n1sc23. The fraction of sp³-hybridized carbons (Fsp3) is 0.531. The molecule has 0 radical (unpaired) electrons. The van der Waals surface area contributed by atoms with Gasteiger partial charge >= 0.3 is 0 Å². The first kappa shape index (κ1) is 30.1. The van der Waals surface area contributed by atoms with Gasteiger partial charge in [0, 0.05) is 64.2 Å². The summed E-state index contributed by atoms with van der Waals surface area (Å²) in [6, 6.07) is 10.9. The Bertz CT molecular complexity index is 1750. The Hall–Kier alpha value is -2.99. The van der Waals surface area contributed by atoms with E-state index in [1.807, 2.05) is 22.2 Å². The molecule has 0 N–H and O–H groups in total. The number of likely N-dealkylation sites (N-methyl/N-ethyl adjacent to an activating group) is 1. The molecule has 11 heteroatoms. The summed E-state index contributed by atoms with van der Waals surface area (Å²) in [6.45, 7) is 14.1. The van der Waals surface area contributed by atoms with Crippen LogP contribution in [0.25, 0.3) is 32.4 Å². The van der Waals surface area contributed by atoms with Crippen LogP contribution in [0.1, 0.15) is 32.2 Å². The molecule has 1 saturated heterocycles. The Morgan fingerprint density at radius 3 is 2.63 bits per heavy atom. The van der Waals surface area contributed by atoms with Crippen LogP contribution in [0.4, 0.5) is 5.69 Å². The van der Waals surface area contributed by atoms with Crippen molar-refractivity contribution < 1.29 is 9.47 Å².